The van der Waals surface area contributed by atoms with Gasteiger partial charge in [0.2, 0.25) is 5.91 Å². The number of halogens is 1. The maximum absolute atomic E-state index is 10.4. The molecule has 0 spiro atoms. The summed E-state index contributed by atoms with van der Waals surface area (Å²) in [6.07, 6.45) is 3.02. The summed E-state index contributed by atoms with van der Waals surface area (Å²) < 4.78 is 0. The zero-order chi connectivity index (χ0) is 6.69. The van der Waals surface area contributed by atoms with Crippen molar-refractivity contribution in [3.63, 3.8) is 0 Å². The predicted octanol–water partition coefficient (Wildman–Crippen LogP) is 0.602. The van der Waals surface area contributed by atoms with Gasteiger partial charge in [-0.3, -0.25) is 9.78 Å². The van der Waals surface area contributed by atoms with E-state index in [0.717, 1.165) is 0 Å². The first-order chi connectivity index (χ1) is 4.30. The quantitative estimate of drug-likeness (QED) is 0.651. The highest BCUT2D eigenvalue weighted by Crippen LogP contribution is 1.91. The molecule has 4 heteroatoms. The summed E-state index contributed by atoms with van der Waals surface area (Å²) in [4.78, 5) is 14.1. The zero-order valence-electron chi connectivity index (χ0n) is 5.15. The van der Waals surface area contributed by atoms with Crippen molar-refractivity contribution in [2.45, 2.75) is 0 Å². The van der Waals surface area contributed by atoms with Crippen LogP contribution in [0.25, 0.3) is 0 Å². The maximum Gasteiger partial charge on any atom is 0.250 e. The molecular weight excluding hydrogens is 152 g/mol. The van der Waals surface area contributed by atoms with Gasteiger partial charge in [-0.1, -0.05) is 0 Å². The van der Waals surface area contributed by atoms with E-state index in [4.69, 9.17) is 5.73 Å². The normalized spacial score (nSPS) is 8.00. The average molecular weight is 159 g/mol. The first-order valence-electron chi connectivity index (χ1n) is 2.50. The van der Waals surface area contributed by atoms with Crippen molar-refractivity contribution in [2.24, 2.45) is 5.73 Å². The van der Waals surface area contributed by atoms with Gasteiger partial charge in [-0.05, 0) is 12.1 Å². The van der Waals surface area contributed by atoms with Gasteiger partial charge in [0.05, 0.1) is 5.56 Å². The Balaban J connectivity index is 0.000000810. The Kier molecular flexibility index (Phi) is 3.43. The molecule has 0 fully saturated rings. The minimum Gasteiger partial charge on any atom is -0.366 e. The van der Waals surface area contributed by atoms with E-state index in [1.54, 1.807) is 18.3 Å². The maximum atomic E-state index is 10.4. The number of primary amides is 1. The molecule has 0 radical (unpaired) electrons. The molecule has 0 aliphatic rings. The second kappa shape index (κ2) is 3.85. The summed E-state index contributed by atoms with van der Waals surface area (Å²) >= 11 is 0. The zero-order valence-corrected chi connectivity index (χ0v) is 5.97. The monoisotopic (exact) mass is 158 g/mol. The fraction of sp³-hybridized carbons (Fsp3) is 0. The van der Waals surface area contributed by atoms with Crippen LogP contribution in [0.4, 0.5) is 0 Å². The summed E-state index contributed by atoms with van der Waals surface area (Å²) in [5, 5.41) is 0. The van der Waals surface area contributed by atoms with Gasteiger partial charge in [0.25, 0.3) is 0 Å². The summed E-state index contributed by atoms with van der Waals surface area (Å²) in [6.45, 7) is 0. The van der Waals surface area contributed by atoms with Crippen molar-refractivity contribution in [1.82, 2.24) is 4.98 Å². The second-order valence-electron chi connectivity index (χ2n) is 1.61. The van der Waals surface area contributed by atoms with Crippen LogP contribution in [0.15, 0.2) is 24.5 Å². The third-order valence-electron chi connectivity index (χ3n) is 0.946. The Morgan fingerprint density at radius 3 is 2.60 bits per heavy atom. The van der Waals surface area contributed by atoms with E-state index in [9.17, 15) is 4.79 Å². The van der Waals surface area contributed by atoms with E-state index in [-0.39, 0.29) is 12.4 Å². The smallest absolute Gasteiger partial charge is 0.250 e. The molecular formula is C6H7ClN2O. The number of rotatable bonds is 1. The average Bonchev–Trinajstić information content (AvgIpc) is 1.90. The topological polar surface area (TPSA) is 56.0 Å². The van der Waals surface area contributed by atoms with Crippen molar-refractivity contribution < 1.29 is 4.79 Å². The van der Waals surface area contributed by atoms with Crippen LogP contribution in [0.5, 0.6) is 0 Å². The molecule has 1 heterocycles. The number of hydrogen-bond donors (Lipinski definition) is 1. The molecule has 10 heavy (non-hydrogen) atoms. The number of amides is 1. The third kappa shape index (κ3) is 2.03. The van der Waals surface area contributed by atoms with E-state index < -0.39 is 5.91 Å². The summed E-state index contributed by atoms with van der Waals surface area (Å²) in [6, 6.07) is 3.29. The Labute approximate surface area is 64.7 Å². The molecule has 0 unspecified atom stereocenters. The van der Waals surface area contributed by atoms with E-state index in [2.05, 4.69) is 4.98 Å². The van der Waals surface area contributed by atoms with Crippen LogP contribution in [-0.4, -0.2) is 10.9 Å². The standard InChI is InChI=1S/C6H6N2O.ClH/c7-6(9)5-2-1-3-8-4-5;/h1-4H,(H2,7,9);1H. The van der Waals surface area contributed by atoms with Gasteiger partial charge < -0.3 is 5.73 Å². The lowest BCUT2D eigenvalue weighted by Crippen LogP contribution is -2.10. The van der Waals surface area contributed by atoms with Crippen LogP contribution in [-0.2, 0) is 0 Å². The lowest BCUT2D eigenvalue weighted by Gasteiger charge is -1.88. The van der Waals surface area contributed by atoms with Crippen LogP contribution >= 0.6 is 12.4 Å². The number of nitrogens with two attached hydrogens (primary N) is 1. The van der Waals surface area contributed by atoms with Gasteiger partial charge >= 0.3 is 0 Å². The van der Waals surface area contributed by atoms with Crippen molar-refractivity contribution in [1.29, 1.82) is 0 Å². The van der Waals surface area contributed by atoms with Gasteiger partial charge in [0.15, 0.2) is 0 Å². The number of hydrogen-bond acceptors (Lipinski definition) is 2. The Bertz CT molecular complexity index is 212. The molecule has 1 aromatic heterocycles. The Hall–Kier alpha value is -1.09. The van der Waals surface area contributed by atoms with Gasteiger partial charge in [0.1, 0.15) is 0 Å². The molecule has 54 valence electrons. The van der Waals surface area contributed by atoms with Gasteiger partial charge in [-0.25, -0.2) is 0 Å². The summed E-state index contributed by atoms with van der Waals surface area (Å²) in [5.74, 6) is -0.442. The number of aromatic nitrogens is 1. The number of pyridine rings is 1. The largest absolute Gasteiger partial charge is 0.366 e. The molecule has 1 rings (SSSR count). The van der Waals surface area contributed by atoms with Gasteiger partial charge in [-0.2, -0.15) is 0 Å². The van der Waals surface area contributed by atoms with E-state index in [1.165, 1.54) is 6.20 Å². The van der Waals surface area contributed by atoms with Crippen LogP contribution < -0.4 is 5.73 Å². The molecule has 1 amide bonds. The van der Waals surface area contributed by atoms with Crippen molar-refractivity contribution >= 4 is 18.3 Å². The summed E-state index contributed by atoms with van der Waals surface area (Å²) in [5.41, 5.74) is 5.38. The van der Waals surface area contributed by atoms with Crippen molar-refractivity contribution in [3.8, 4) is 0 Å². The molecule has 0 atom stereocenters. The second-order valence-corrected chi connectivity index (χ2v) is 1.61. The van der Waals surface area contributed by atoms with Gasteiger partial charge in [0, 0.05) is 12.4 Å². The molecule has 3 nitrogen and oxygen atoms in total. The highest BCUT2D eigenvalue weighted by Gasteiger charge is 1.94. The third-order valence-corrected chi connectivity index (χ3v) is 0.946. The van der Waals surface area contributed by atoms with Crippen LogP contribution in [0.1, 0.15) is 10.4 Å². The predicted molar refractivity (Wildman–Crippen MR) is 40.0 cm³/mol. The SMILES string of the molecule is Cl.NC(=O)c1cccnc1. The van der Waals surface area contributed by atoms with Crippen LogP contribution in [0, 0.1) is 0 Å². The Morgan fingerprint density at radius 2 is 2.30 bits per heavy atom. The molecule has 0 aliphatic carbocycles. The van der Waals surface area contributed by atoms with E-state index >= 15 is 0 Å². The molecule has 0 saturated heterocycles. The number of carbonyl (C=O) groups excluding carboxylic acids is 1. The van der Waals surface area contributed by atoms with Crippen LogP contribution in [0.2, 0.25) is 0 Å². The fourth-order valence-electron chi connectivity index (χ4n) is 0.509. The minimum atomic E-state index is -0.442. The lowest BCUT2D eigenvalue weighted by atomic mass is 10.3. The lowest BCUT2D eigenvalue weighted by molar-refractivity contribution is 0.1000. The van der Waals surface area contributed by atoms with Crippen LogP contribution in [0.3, 0.4) is 0 Å². The molecule has 0 saturated carbocycles. The fourth-order valence-corrected chi connectivity index (χ4v) is 0.509. The van der Waals surface area contributed by atoms with Crippen molar-refractivity contribution in [2.75, 3.05) is 0 Å². The first-order valence-corrected chi connectivity index (χ1v) is 2.50. The first kappa shape index (κ1) is 8.91. The van der Waals surface area contributed by atoms with E-state index in [0.29, 0.717) is 5.56 Å². The minimum absolute atomic E-state index is 0. The molecule has 0 aromatic carbocycles. The highest BCUT2D eigenvalue weighted by molar-refractivity contribution is 5.92. The number of nitrogens with zero attached hydrogens (tertiary/aromatic N) is 1. The van der Waals surface area contributed by atoms with Crippen molar-refractivity contribution in [3.05, 3.63) is 30.1 Å². The van der Waals surface area contributed by atoms with Gasteiger partial charge in [-0.15, -0.1) is 12.4 Å². The molecule has 0 aliphatic heterocycles. The Morgan fingerprint density at radius 1 is 1.60 bits per heavy atom. The highest BCUT2D eigenvalue weighted by atomic mass is 35.5. The molecule has 2 N–H and O–H groups in total. The number of carbonyl (C=O) groups is 1. The molecule has 1 aromatic rings. The van der Waals surface area contributed by atoms with E-state index in [1.807, 2.05) is 0 Å². The molecule has 0 bridgehead atoms. The summed E-state index contributed by atoms with van der Waals surface area (Å²) in [7, 11) is 0.